The average Bonchev–Trinajstić information content (AvgIpc) is 2.65. The van der Waals surface area contributed by atoms with E-state index in [4.69, 9.17) is 27.9 Å². The van der Waals surface area contributed by atoms with Crippen molar-refractivity contribution >= 4 is 33.2 Å². The maximum absolute atomic E-state index is 12.9. The molecule has 5 nitrogen and oxygen atoms in total. The highest BCUT2D eigenvalue weighted by Gasteiger charge is 2.31. The highest BCUT2D eigenvalue weighted by atomic mass is 35.5. The van der Waals surface area contributed by atoms with Crippen LogP contribution in [0.3, 0.4) is 0 Å². The van der Waals surface area contributed by atoms with Crippen molar-refractivity contribution < 1.29 is 13.2 Å². The monoisotopic (exact) mass is 414 g/mol. The summed E-state index contributed by atoms with van der Waals surface area (Å²) in [5, 5.41) is 0.107. The lowest BCUT2D eigenvalue weighted by Crippen LogP contribution is -2.48. The molecule has 140 valence electrons. The molecule has 1 heterocycles. The van der Waals surface area contributed by atoms with Crippen molar-refractivity contribution in [3.8, 4) is 5.75 Å². The third-order valence-electron chi connectivity index (χ3n) is 4.43. The van der Waals surface area contributed by atoms with Crippen molar-refractivity contribution in [3.63, 3.8) is 0 Å². The Bertz CT molecular complexity index is 868. The number of ether oxygens (including phenoxy) is 1. The van der Waals surface area contributed by atoms with Gasteiger partial charge in [-0.1, -0.05) is 53.5 Å². The lowest BCUT2D eigenvalue weighted by atomic mass is 10.2. The first-order valence-corrected chi connectivity index (χ1v) is 10.4. The van der Waals surface area contributed by atoms with Crippen LogP contribution in [0.5, 0.6) is 5.75 Å². The van der Waals surface area contributed by atoms with Crippen LogP contribution in [0, 0.1) is 0 Å². The highest BCUT2D eigenvalue weighted by molar-refractivity contribution is 7.89. The van der Waals surface area contributed by atoms with Gasteiger partial charge in [0.1, 0.15) is 15.7 Å². The smallest absolute Gasteiger partial charge is 0.244 e. The fourth-order valence-corrected chi connectivity index (χ4v) is 5.22. The zero-order valence-electron chi connectivity index (χ0n) is 14.4. The molecule has 0 amide bonds. The second kappa shape index (κ2) is 8.15. The van der Waals surface area contributed by atoms with Gasteiger partial charge in [-0.05, 0) is 17.7 Å². The van der Waals surface area contributed by atoms with Gasteiger partial charge in [0.2, 0.25) is 10.0 Å². The second-order valence-electron chi connectivity index (χ2n) is 6.06. The van der Waals surface area contributed by atoms with Gasteiger partial charge >= 0.3 is 0 Å². The van der Waals surface area contributed by atoms with Gasteiger partial charge in [-0.15, -0.1) is 0 Å². The Balaban J connectivity index is 1.71. The van der Waals surface area contributed by atoms with E-state index < -0.39 is 10.0 Å². The van der Waals surface area contributed by atoms with Gasteiger partial charge in [0.25, 0.3) is 0 Å². The summed E-state index contributed by atoms with van der Waals surface area (Å²) in [7, 11) is -2.25. The Hall–Kier alpha value is -1.31. The van der Waals surface area contributed by atoms with E-state index in [2.05, 4.69) is 17.0 Å². The maximum Gasteiger partial charge on any atom is 0.244 e. The normalized spacial score (nSPS) is 16.6. The zero-order chi connectivity index (χ0) is 18.7. The third-order valence-corrected chi connectivity index (χ3v) is 7.35. The molecule has 1 aliphatic rings. The number of rotatable bonds is 5. The van der Waals surface area contributed by atoms with Gasteiger partial charge in [0.15, 0.2) is 0 Å². The molecular weight excluding hydrogens is 395 g/mol. The van der Waals surface area contributed by atoms with E-state index in [0.717, 1.165) is 6.54 Å². The average molecular weight is 415 g/mol. The van der Waals surface area contributed by atoms with E-state index in [9.17, 15) is 8.42 Å². The summed E-state index contributed by atoms with van der Waals surface area (Å²) in [4.78, 5) is 2.26. The van der Waals surface area contributed by atoms with Crippen LogP contribution in [0.4, 0.5) is 0 Å². The molecule has 2 aromatic carbocycles. The SMILES string of the molecule is COc1ccc(S(=O)(=O)N2CCN(Cc3ccccc3)CC2)c(Cl)c1Cl. The topological polar surface area (TPSA) is 49.9 Å². The Morgan fingerprint density at radius 2 is 1.62 bits per heavy atom. The number of sulfonamides is 1. The molecule has 0 atom stereocenters. The lowest BCUT2D eigenvalue weighted by molar-refractivity contribution is 0.181. The van der Waals surface area contributed by atoms with Crippen molar-refractivity contribution in [2.24, 2.45) is 0 Å². The van der Waals surface area contributed by atoms with Crippen molar-refractivity contribution in [2.45, 2.75) is 11.4 Å². The summed E-state index contributed by atoms with van der Waals surface area (Å²) < 4.78 is 32.4. The molecule has 26 heavy (non-hydrogen) atoms. The highest BCUT2D eigenvalue weighted by Crippen LogP contribution is 2.37. The second-order valence-corrected chi connectivity index (χ2v) is 8.72. The fraction of sp³-hybridized carbons (Fsp3) is 0.333. The van der Waals surface area contributed by atoms with Crippen molar-refractivity contribution in [2.75, 3.05) is 33.3 Å². The van der Waals surface area contributed by atoms with Crippen molar-refractivity contribution in [1.82, 2.24) is 9.21 Å². The molecule has 0 aliphatic carbocycles. The van der Waals surface area contributed by atoms with Gasteiger partial charge in [-0.3, -0.25) is 4.90 Å². The number of piperazine rings is 1. The number of hydrogen-bond donors (Lipinski definition) is 0. The van der Waals surface area contributed by atoms with E-state index in [1.807, 2.05) is 18.2 Å². The molecule has 0 spiro atoms. The molecule has 0 saturated carbocycles. The molecule has 0 bridgehead atoms. The first-order valence-electron chi connectivity index (χ1n) is 8.22. The molecule has 0 radical (unpaired) electrons. The minimum absolute atomic E-state index is 0.00210. The van der Waals surface area contributed by atoms with Crippen LogP contribution < -0.4 is 4.74 Å². The number of nitrogens with zero attached hydrogens (tertiary/aromatic N) is 2. The lowest BCUT2D eigenvalue weighted by Gasteiger charge is -2.34. The van der Waals surface area contributed by atoms with Crippen LogP contribution in [0.25, 0.3) is 0 Å². The minimum Gasteiger partial charge on any atom is -0.495 e. The fourth-order valence-electron chi connectivity index (χ4n) is 2.98. The Morgan fingerprint density at radius 3 is 2.23 bits per heavy atom. The molecule has 8 heteroatoms. The van der Waals surface area contributed by atoms with Crippen molar-refractivity contribution in [1.29, 1.82) is 0 Å². The molecule has 0 aromatic heterocycles. The van der Waals surface area contributed by atoms with Crippen LogP contribution in [-0.2, 0) is 16.6 Å². The predicted molar refractivity (Wildman–Crippen MR) is 103 cm³/mol. The minimum atomic E-state index is -3.70. The Kier molecular flexibility index (Phi) is 6.10. The molecular formula is C18H20Cl2N2O3S. The van der Waals surface area contributed by atoms with Gasteiger partial charge in [-0.2, -0.15) is 4.31 Å². The molecule has 1 fully saturated rings. The summed E-state index contributed by atoms with van der Waals surface area (Å²) in [5.41, 5.74) is 1.22. The quantitative estimate of drug-likeness (QED) is 0.750. The van der Waals surface area contributed by atoms with Gasteiger partial charge in [0.05, 0.1) is 12.1 Å². The van der Waals surface area contributed by atoms with Crippen LogP contribution in [0.15, 0.2) is 47.4 Å². The van der Waals surface area contributed by atoms with E-state index in [-0.39, 0.29) is 14.9 Å². The number of benzene rings is 2. The standard InChI is InChI=1S/C18H20Cl2N2O3S/c1-25-15-7-8-16(18(20)17(15)19)26(23,24)22-11-9-21(10-12-22)13-14-5-3-2-4-6-14/h2-8H,9-13H2,1H3. The first-order chi connectivity index (χ1) is 12.4. The molecule has 1 aliphatic heterocycles. The van der Waals surface area contributed by atoms with Gasteiger partial charge < -0.3 is 4.74 Å². The van der Waals surface area contributed by atoms with E-state index in [0.29, 0.717) is 31.9 Å². The summed E-state index contributed by atoms with van der Waals surface area (Å²) in [5.74, 6) is 0.350. The molecule has 3 rings (SSSR count). The van der Waals surface area contributed by atoms with Crippen LogP contribution in [-0.4, -0.2) is 50.9 Å². The third kappa shape index (κ3) is 4.00. The zero-order valence-corrected chi connectivity index (χ0v) is 16.7. The van der Waals surface area contributed by atoms with Crippen LogP contribution in [0.2, 0.25) is 10.0 Å². The van der Waals surface area contributed by atoms with E-state index in [1.165, 1.54) is 29.1 Å². The van der Waals surface area contributed by atoms with E-state index >= 15 is 0 Å². The summed E-state index contributed by atoms with van der Waals surface area (Å²) in [6, 6.07) is 13.1. The van der Waals surface area contributed by atoms with Gasteiger partial charge in [-0.25, -0.2) is 8.42 Å². The Morgan fingerprint density at radius 1 is 0.962 bits per heavy atom. The van der Waals surface area contributed by atoms with Gasteiger partial charge in [0, 0.05) is 32.7 Å². The Labute approximate surface area is 164 Å². The number of hydrogen-bond acceptors (Lipinski definition) is 4. The van der Waals surface area contributed by atoms with Crippen LogP contribution >= 0.6 is 23.2 Å². The molecule has 0 unspecified atom stereocenters. The maximum atomic E-state index is 12.9. The first kappa shape index (κ1) is 19.5. The number of methoxy groups -OCH3 is 1. The number of halogens is 2. The summed E-state index contributed by atoms with van der Waals surface area (Å²) in [6.45, 7) is 2.96. The van der Waals surface area contributed by atoms with Crippen molar-refractivity contribution in [3.05, 3.63) is 58.1 Å². The van der Waals surface area contributed by atoms with Crippen LogP contribution in [0.1, 0.15) is 5.56 Å². The predicted octanol–water partition coefficient (Wildman–Crippen LogP) is 3.51. The largest absolute Gasteiger partial charge is 0.495 e. The summed E-state index contributed by atoms with van der Waals surface area (Å²) in [6.07, 6.45) is 0. The molecule has 0 N–H and O–H groups in total. The van der Waals surface area contributed by atoms with E-state index in [1.54, 1.807) is 0 Å². The molecule has 2 aromatic rings. The molecule has 1 saturated heterocycles. The summed E-state index contributed by atoms with van der Waals surface area (Å²) >= 11 is 12.3.